The van der Waals surface area contributed by atoms with Crippen molar-refractivity contribution >= 4 is 33.3 Å². The number of nitrogens with two attached hydrogens (primary N) is 1. The van der Waals surface area contributed by atoms with Crippen molar-refractivity contribution in [3.63, 3.8) is 0 Å². The molecule has 0 spiro atoms. The van der Waals surface area contributed by atoms with Gasteiger partial charge in [-0.2, -0.15) is 13.4 Å². The molecular formula is C20H16N8O3S. The first-order valence-electron chi connectivity index (χ1n) is 9.44. The molecule has 0 saturated heterocycles. The fourth-order valence-corrected chi connectivity index (χ4v) is 3.61. The lowest BCUT2D eigenvalue weighted by atomic mass is 10.2. The first-order valence-corrected chi connectivity index (χ1v) is 10.5. The predicted molar refractivity (Wildman–Crippen MR) is 116 cm³/mol. The van der Waals surface area contributed by atoms with Gasteiger partial charge >= 0.3 is 10.5 Å². The molecule has 160 valence electrons. The zero-order chi connectivity index (χ0) is 22.2. The average Bonchev–Trinajstić information content (AvgIpc) is 3.11. The number of furan rings is 1. The standard InChI is InChI=1S/C16H12N6O3S.C4H4N2/c17-16-19-13(12-6-3-7-25-12)14-15(20-16)22(9-18-14)8-10-4-1-2-5-11(10)21-26(23)24;1-6-2-3-4(6)5-3/h1-7,9H,8H2,(H2,17,19,20);2H,1H3. The lowest BCUT2D eigenvalue weighted by Gasteiger charge is -2.07. The fourth-order valence-electron chi connectivity index (χ4n) is 3.27. The van der Waals surface area contributed by atoms with Crippen molar-refractivity contribution in [3.05, 3.63) is 60.7 Å². The molecule has 5 heterocycles. The number of imidazole rings is 2. The number of fused-ring (bicyclic) bond motifs is 2. The summed E-state index contributed by atoms with van der Waals surface area (Å²) in [7, 11) is -0.543. The highest BCUT2D eigenvalue weighted by molar-refractivity contribution is 7.61. The second kappa shape index (κ2) is 7.74. The Morgan fingerprint density at radius 1 is 1.12 bits per heavy atom. The van der Waals surface area contributed by atoms with E-state index in [4.69, 9.17) is 10.2 Å². The Morgan fingerprint density at radius 2 is 1.97 bits per heavy atom. The number of hydrogen-bond acceptors (Lipinski definition) is 9. The number of aryl methyl sites for hydroxylation is 1. The highest BCUT2D eigenvalue weighted by Crippen LogP contribution is 2.29. The second-order valence-electron chi connectivity index (χ2n) is 6.95. The van der Waals surface area contributed by atoms with Crippen LogP contribution in [0.3, 0.4) is 0 Å². The molecule has 0 saturated carbocycles. The van der Waals surface area contributed by atoms with E-state index in [2.05, 4.69) is 24.3 Å². The fraction of sp³-hybridized carbons (Fsp3) is 0.100. The highest BCUT2D eigenvalue weighted by atomic mass is 32.2. The minimum absolute atomic E-state index is 0.0873. The molecule has 11 nitrogen and oxygen atoms in total. The number of rotatable bonds is 4. The van der Waals surface area contributed by atoms with Crippen molar-refractivity contribution in [1.82, 2.24) is 29.1 Å². The van der Waals surface area contributed by atoms with Gasteiger partial charge in [-0.15, -0.1) is 4.36 Å². The van der Waals surface area contributed by atoms with E-state index >= 15 is 0 Å². The summed E-state index contributed by atoms with van der Waals surface area (Å²) in [5.41, 5.74) is 9.64. The van der Waals surface area contributed by atoms with Crippen LogP contribution in [0.15, 0.2) is 64.0 Å². The molecular weight excluding hydrogens is 432 g/mol. The molecule has 0 amide bonds. The molecule has 2 aliphatic rings. The Labute approximate surface area is 182 Å². The molecule has 0 radical (unpaired) electrons. The van der Waals surface area contributed by atoms with Crippen LogP contribution in [-0.4, -0.2) is 37.5 Å². The van der Waals surface area contributed by atoms with E-state index < -0.39 is 10.5 Å². The smallest absolute Gasteiger partial charge is 0.316 e. The lowest BCUT2D eigenvalue weighted by Crippen LogP contribution is -2.03. The maximum absolute atomic E-state index is 10.9. The minimum atomic E-state index is -2.54. The van der Waals surface area contributed by atoms with Crippen LogP contribution in [-0.2, 0) is 24.1 Å². The van der Waals surface area contributed by atoms with E-state index in [1.54, 1.807) is 47.3 Å². The summed E-state index contributed by atoms with van der Waals surface area (Å²) in [5, 5.41) is 0. The summed E-state index contributed by atoms with van der Waals surface area (Å²) >= 11 is 0. The van der Waals surface area contributed by atoms with Crippen LogP contribution in [0.4, 0.5) is 11.6 Å². The molecule has 1 aromatic carbocycles. The first-order chi connectivity index (χ1) is 15.5. The van der Waals surface area contributed by atoms with Gasteiger partial charge in [0.15, 0.2) is 17.2 Å². The number of aromatic nitrogens is 6. The third kappa shape index (κ3) is 3.74. The monoisotopic (exact) mass is 448 g/mol. The van der Waals surface area contributed by atoms with Crippen molar-refractivity contribution in [1.29, 1.82) is 0 Å². The topological polar surface area (TPSA) is 147 Å². The quantitative estimate of drug-likeness (QED) is 0.433. The van der Waals surface area contributed by atoms with Crippen molar-refractivity contribution in [3.8, 4) is 23.0 Å². The Bertz CT molecular complexity index is 1570. The van der Waals surface area contributed by atoms with E-state index in [9.17, 15) is 8.42 Å². The number of nitrogen functional groups attached to an aromatic ring is 1. The molecule has 0 fully saturated rings. The highest BCUT2D eigenvalue weighted by Gasteiger charge is 2.21. The van der Waals surface area contributed by atoms with Gasteiger partial charge in [-0.05, 0) is 23.8 Å². The number of hydrogen-bond donors (Lipinski definition) is 1. The molecule has 2 aliphatic heterocycles. The molecule has 0 atom stereocenters. The molecule has 6 rings (SSSR count). The van der Waals surface area contributed by atoms with E-state index in [1.807, 2.05) is 17.8 Å². The Balaban J connectivity index is 0.000000306. The van der Waals surface area contributed by atoms with E-state index in [0.29, 0.717) is 40.4 Å². The van der Waals surface area contributed by atoms with Crippen LogP contribution in [0.5, 0.6) is 0 Å². The molecule has 3 aromatic heterocycles. The van der Waals surface area contributed by atoms with Gasteiger partial charge in [-0.3, -0.25) is 0 Å². The minimum Gasteiger partial charge on any atom is -0.463 e. The van der Waals surface area contributed by atoms with Crippen LogP contribution < -0.4 is 5.73 Å². The summed E-state index contributed by atoms with van der Waals surface area (Å²) in [6, 6.07) is 10.4. The van der Waals surface area contributed by atoms with Gasteiger partial charge in [0.1, 0.15) is 16.9 Å². The summed E-state index contributed by atoms with van der Waals surface area (Å²) in [6.07, 6.45) is 5.14. The van der Waals surface area contributed by atoms with Crippen LogP contribution in [0, 0.1) is 0 Å². The average molecular weight is 448 g/mol. The van der Waals surface area contributed by atoms with Crippen LogP contribution >= 0.6 is 0 Å². The van der Waals surface area contributed by atoms with Gasteiger partial charge in [-0.25, -0.2) is 15.0 Å². The van der Waals surface area contributed by atoms with Crippen molar-refractivity contribution in [2.45, 2.75) is 6.54 Å². The zero-order valence-electron chi connectivity index (χ0n) is 16.7. The van der Waals surface area contributed by atoms with Gasteiger partial charge in [0.25, 0.3) is 0 Å². The molecule has 0 bridgehead atoms. The Kier molecular flexibility index (Phi) is 4.75. The summed E-state index contributed by atoms with van der Waals surface area (Å²) < 4.78 is 34.6. The predicted octanol–water partition coefficient (Wildman–Crippen LogP) is 2.81. The van der Waals surface area contributed by atoms with E-state index in [0.717, 1.165) is 0 Å². The molecule has 4 aromatic rings. The molecule has 0 aliphatic carbocycles. The van der Waals surface area contributed by atoms with Gasteiger partial charge in [0, 0.05) is 13.2 Å². The van der Waals surface area contributed by atoms with Gasteiger partial charge < -0.3 is 19.3 Å². The lowest BCUT2D eigenvalue weighted by molar-refractivity contribution is 0.580. The molecule has 0 unspecified atom stereocenters. The molecule has 32 heavy (non-hydrogen) atoms. The van der Waals surface area contributed by atoms with Crippen LogP contribution in [0.1, 0.15) is 5.56 Å². The normalized spacial score (nSPS) is 11.2. The number of benzene rings is 1. The SMILES string of the molecule is Cn1cc2nc1-2.Nc1nc(-c2ccco2)c2ncn(Cc3ccccc3N=S(=O)=O)c2n1. The zero-order valence-corrected chi connectivity index (χ0v) is 17.6. The summed E-state index contributed by atoms with van der Waals surface area (Å²) in [6.45, 7) is 0.321. The van der Waals surface area contributed by atoms with Crippen LogP contribution in [0.25, 0.3) is 34.1 Å². The van der Waals surface area contributed by atoms with Gasteiger partial charge in [0.2, 0.25) is 5.95 Å². The number of nitrogens with zero attached hydrogens (tertiary/aromatic N) is 7. The summed E-state index contributed by atoms with van der Waals surface area (Å²) in [4.78, 5) is 16.8. The largest absolute Gasteiger partial charge is 0.463 e. The maximum Gasteiger partial charge on any atom is 0.316 e. The number of anilines is 1. The first kappa shape index (κ1) is 19.6. The summed E-state index contributed by atoms with van der Waals surface area (Å²) in [5.74, 6) is 1.80. The van der Waals surface area contributed by atoms with Crippen molar-refractivity contribution < 1.29 is 12.8 Å². The van der Waals surface area contributed by atoms with Gasteiger partial charge in [-0.1, -0.05) is 18.2 Å². The molecule has 12 heteroatoms. The second-order valence-corrected chi connectivity index (χ2v) is 7.57. The Morgan fingerprint density at radius 3 is 2.59 bits per heavy atom. The third-order valence-corrected chi connectivity index (χ3v) is 5.14. The maximum atomic E-state index is 10.9. The van der Waals surface area contributed by atoms with E-state index in [-0.39, 0.29) is 5.95 Å². The van der Waals surface area contributed by atoms with Gasteiger partial charge in [0.05, 0.1) is 24.8 Å². The van der Waals surface area contributed by atoms with Crippen molar-refractivity contribution in [2.24, 2.45) is 11.4 Å². The van der Waals surface area contributed by atoms with Crippen molar-refractivity contribution in [2.75, 3.05) is 5.73 Å². The third-order valence-electron chi connectivity index (χ3n) is 4.80. The van der Waals surface area contributed by atoms with E-state index in [1.165, 1.54) is 17.8 Å². The Hall–Kier alpha value is -4.32. The molecule has 2 N–H and O–H groups in total. The van der Waals surface area contributed by atoms with Crippen LogP contribution in [0.2, 0.25) is 0 Å².